The minimum Gasteiger partial charge on any atom is -0.480 e. The van der Waals surface area contributed by atoms with E-state index in [1.54, 1.807) is 0 Å². The number of carbonyl (C=O) groups excluding carboxylic acids is 2. The third-order valence-corrected chi connectivity index (χ3v) is 6.03. The highest BCUT2D eigenvalue weighted by Gasteiger charge is 2.54. The van der Waals surface area contributed by atoms with Crippen molar-refractivity contribution in [2.24, 2.45) is 17.4 Å². The van der Waals surface area contributed by atoms with E-state index in [-0.39, 0.29) is 6.42 Å². The van der Waals surface area contributed by atoms with Gasteiger partial charge < -0.3 is 26.2 Å². The molecule has 0 aliphatic carbocycles. The second-order valence-corrected chi connectivity index (χ2v) is 7.91. The molecule has 1 aromatic carbocycles. The van der Waals surface area contributed by atoms with Gasteiger partial charge in [-0.15, -0.1) is 0 Å². The van der Waals surface area contributed by atoms with Crippen LogP contribution in [-0.4, -0.2) is 52.5 Å². The van der Waals surface area contributed by atoms with Crippen LogP contribution in [0.3, 0.4) is 0 Å². The lowest BCUT2D eigenvalue weighted by molar-refractivity contribution is -0.155. The molecule has 2 fully saturated rings. The Hall–Kier alpha value is -2.45. The number of esters is 1. The van der Waals surface area contributed by atoms with E-state index in [1.165, 1.54) is 4.90 Å². The molecule has 8 heteroatoms. The number of nitrogens with zero attached hydrogens (tertiary/aromatic N) is 1. The molecule has 2 aliphatic rings. The lowest BCUT2D eigenvalue weighted by Crippen LogP contribution is -2.62. The highest BCUT2D eigenvalue weighted by molar-refractivity contribution is 5.95. The van der Waals surface area contributed by atoms with E-state index < -0.39 is 41.4 Å². The number of nitrogens with two attached hydrogens (primary N) is 2. The van der Waals surface area contributed by atoms with Crippen molar-refractivity contribution in [3.8, 4) is 0 Å². The largest absolute Gasteiger partial charge is 0.480 e. The summed E-state index contributed by atoms with van der Waals surface area (Å²) in [4.78, 5) is 39.1. The van der Waals surface area contributed by atoms with Crippen LogP contribution in [0.5, 0.6) is 0 Å². The number of rotatable bonds is 8. The third kappa shape index (κ3) is 4.28. The summed E-state index contributed by atoms with van der Waals surface area (Å²) in [5.74, 6) is -2.85. The monoisotopic (exact) mass is 403 g/mol. The number of carboxylic acids is 1. The number of amides is 1. The van der Waals surface area contributed by atoms with Crippen LogP contribution < -0.4 is 11.5 Å². The number of unbranched alkanes of at least 4 members (excludes halogenated alkanes) is 1. The Morgan fingerprint density at radius 2 is 1.97 bits per heavy atom. The van der Waals surface area contributed by atoms with Gasteiger partial charge in [0, 0.05) is 13.0 Å². The SMILES string of the molecule is NCCCC[C@@](N)(C(=O)N1CCC[C@H]1C(=O)O)[C@@H]1C[C@H](c2ccccc2)OC1=O. The fourth-order valence-electron chi connectivity index (χ4n) is 4.40. The minimum atomic E-state index is -1.51. The number of benzene rings is 1. The molecule has 2 heterocycles. The molecule has 0 unspecified atom stereocenters. The predicted molar refractivity (Wildman–Crippen MR) is 106 cm³/mol. The van der Waals surface area contributed by atoms with Gasteiger partial charge >= 0.3 is 11.9 Å². The number of aliphatic carboxylic acids is 1. The number of hydrogen-bond donors (Lipinski definition) is 3. The number of likely N-dealkylation sites (tertiary alicyclic amines) is 1. The number of cyclic esters (lactones) is 1. The van der Waals surface area contributed by atoms with Crippen LogP contribution in [0.4, 0.5) is 0 Å². The Balaban J connectivity index is 1.86. The molecule has 158 valence electrons. The molecule has 0 radical (unpaired) electrons. The van der Waals surface area contributed by atoms with E-state index in [4.69, 9.17) is 16.2 Å². The van der Waals surface area contributed by atoms with Crippen molar-refractivity contribution >= 4 is 17.8 Å². The smallest absolute Gasteiger partial charge is 0.326 e. The quantitative estimate of drug-likeness (QED) is 0.438. The van der Waals surface area contributed by atoms with Crippen LogP contribution in [0, 0.1) is 5.92 Å². The van der Waals surface area contributed by atoms with Crippen molar-refractivity contribution in [3.05, 3.63) is 35.9 Å². The molecule has 0 bridgehead atoms. The predicted octanol–water partition coefficient (Wildman–Crippen LogP) is 1.19. The van der Waals surface area contributed by atoms with Gasteiger partial charge in [0.05, 0.1) is 5.92 Å². The molecule has 1 amide bonds. The standard InChI is InChI=1S/C21H29N3O5/c22-11-5-4-10-21(23,20(28)24-12-6-9-16(24)18(25)26)15-13-17(29-19(15)27)14-7-2-1-3-8-14/h1-3,7-8,15-17H,4-6,9-13,22-23H2,(H,25,26)/t15-,16+,17-,21+/m1/s1. The second-order valence-electron chi connectivity index (χ2n) is 7.91. The van der Waals surface area contributed by atoms with Crippen molar-refractivity contribution in [1.82, 2.24) is 4.90 Å². The first-order valence-corrected chi connectivity index (χ1v) is 10.2. The average molecular weight is 403 g/mol. The van der Waals surface area contributed by atoms with Gasteiger partial charge in [-0.3, -0.25) is 9.59 Å². The van der Waals surface area contributed by atoms with E-state index >= 15 is 0 Å². The average Bonchev–Trinajstić information content (AvgIpc) is 3.35. The topological polar surface area (TPSA) is 136 Å². The van der Waals surface area contributed by atoms with Crippen molar-refractivity contribution in [2.45, 2.75) is 56.2 Å². The fourth-order valence-corrected chi connectivity index (χ4v) is 4.40. The van der Waals surface area contributed by atoms with Crippen molar-refractivity contribution in [1.29, 1.82) is 0 Å². The third-order valence-electron chi connectivity index (χ3n) is 6.03. The van der Waals surface area contributed by atoms with Crippen molar-refractivity contribution < 1.29 is 24.2 Å². The molecule has 2 saturated heterocycles. The maximum Gasteiger partial charge on any atom is 0.326 e. The molecule has 2 aliphatic heterocycles. The first kappa shape index (κ1) is 21.3. The van der Waals surface area contributed by atoms with Gasteiger partial charge in [0.15, 0.2) is 0 Å². The van der Waals surface area contributed by atoms with Crippen LogP contribution >= 0.6 is 0 Å². The van der Waals surface area contributed by atoms with Gasteiger partial charge in [0.1, 0.15) is 17.7 Å². The summed E-state index contributed by atoms with van der Waals surface area (Å²) in [6.07, 6.45) is 2.31. The molecule has 0 spiro atoms. The van der Waals surface area contributed by atoms with Crippen LogP contribution in [0.15, 0.2) is 30.3 Å². The number of hydrogen-bond acceptors (Lipinski definition) is 6. The van der Waals surface area contributed by atoms with E-state index in [9.17, 15) is 19.5 Å². The van der Waals surface area contributed by atoms with Crippen LogP contribution in [0.2, 0.25) is 0 Å². The first-order chi connectivity index (χ1) is 13.9. The maximum atomic E-state index is 13.5. The zero-order chi connectivity index (χ0) is 21.0. The van der Waals surface area contributed by atoms with Crippen LogP contribution in [0.25, 0.3) is 0 Å². The zero-order valence-electron chi connectivity index (χ0n) is 16.5. The number of carbonyl (C=O) groups is 3. The number of carboxylic acid groups (broad SMARTS) is 1. The molecule has 5 N–H and O–H groups in total. The van der Waals surface area contributed by atoms with Gasteiger partial charge in [0.25, 0.3) is 0 Å². The molecule has 3 rings (SSSR count). The van der Waals surface area contributed by atoms with Gasteiger partial charge in [-0.25, -0.2) is 4.79 Å². The fraction of sp³-hybridized carbons (Fsp3) is 0.571. The summed E-state index contributed by atoms with van der Waals surface area (Å²) in [6.45, 7) is 0.781. The molecule has 4 atom stereocenters. The van der Waals surface area contributed by atoms with Crippen LogP contribution in [-0.2, 0) is 19.1 Å². The van der Waals surface area contributed by atoms with Crippen molar-refractivity contribution in [3.63, 3.8) is 0 Å². The summed E-state index contributed by atoms with van der Waals surface area (Å²) in [6, 6.07) is 8.44. The zero-order valence-corrected chi connectivity index (χ0v) is 16.5. The molecule has 0 saturated carbocycles. The Morgan fingerprint density at radius 3 is 2.62 bits per heavy atom. The minimum absolute atomic E-state index is 0.257. The maximum absolute atomic E-state index is 13.5. The van der Waals surface area contributed by atoms with E-state index in [1.807, 2.05) is 30.3 Å². The Bertz CT molecular complexity index is 756. The Labute approximate surface area is 170 Å². The lowest BCUT2D eigenvalue weighted by atomic mass is 9.77. The molecule has 1 aromatic rings. The Kier molecular flexibility index (Phi) is 6.54. The van der Waals surface area contributed by atoms with Gasteiger partial charge in [-0.2, -0.15) is 0 Å². The van der Waals surface area contributed by atoms with Crippen LogP contribution in [0.1, 0.15) is 50.2 Å². The summed E-state index contributed by atoms with van der Waals surface area (Å²) in [5.41, 5.74) is 11.6. The summed E-state index contributed by atoms with van der Waals surface area (Å²) in [7, 11) is 0. The van der Waals surface area contributed by atoms with Gasteiger partial charge in [-0.1, -0.05) is 30.3 Å². The van der Waals surface area contributed by atoms with Gasteiger partial charge in [0.2, 0.25) is 5.91 Å². The normalized spacial score (nSPS) is 26.2. The summed E-state index contributed by atoms with van der Waals surface area (Å²) >= 11 is 0. The van der Waals surface area contributed by atoms with E-state index in [0.29, 0.717) is 45.2 Å². The van der Waals surface area contributed by atoms with E-state index in [2.05, 4.69) is 0 Å². The Morgan fingerprint density at radius 1 is 1.24 bits per heavy atom. The first-order valence-electron chi connectivity index (χ1n) is 10.2. The van der Waals surface area contributed by atoms with Crippen molar-refractivity contribution in [2.75, 3.05) is 13.1 Å². The molecule has 29 heavy (non-hydrogen) atoms. The number of ether oxygens (including phenoxy) is 1. The van der Waals surface area contributed by atoms with Gasteiger partial charge in [-0.05, 0) is 44.2 Å². The molecule has 0 aromatic heterocycles. The summed E-state index contributed by atoms with van der Waals surface area (Å²) in [5, 5.41) is 9.48. The molecule has 8 nitrogen and oxygen atoms in total. The molecular weight excluding hydrogens is 374 g/mol. The highest BCUT2D eigenvalue weighted by atomic mass is 16.6. The summed E-state index contributed by atoms with van der Waals surface area (Å²) < 4.78 is 5.57. The van der Waals surface area contributed by atoms with E-state index in [0.717, 1.165) is 5.56 Å². The lowest BCUT2D eigenvalue weighted by Gasteiger charge is -2.37. The molecular formula is C21H29N3O5. The second kappa shape index (κ2) is 8.92. The highest BCUT2D eigenvalue weighted by Crippen LogP contribution is 2.41.